The zero-order chi connectivity index (χ0) is 12.1. The lowest BCUT2D eigenvalue weighted by molar-refractivity contribution is 1.77. The summed E-state index contributed by atoms with van der Waals surface area (Å²) in [7, 11) is 0. The van der Waals surface area contributed by atoms with E-state index in [1.807, 2.05) is 11.3 Å². The number of fused-ring (bicyclic) bond motifs is 5. The molecular formula is C16H9BrS. The molecule has 3 aromatic carbocycles. The molecule has 0 radical (unpaired) electrons. The van der Waals surface area contributed by atoms with Gasteiger partial charge in [-0.05, 0) is 29.0 Å². The third-order valence-corrected chi connectivity index (χ3v) is 4.93. The molecular weight excluding hydrogens is 304 g/mol. The van der Waals surface area contributed by atoms with Gasteiger partial charge in [0, 0.05) is 24.6 Å². The first-order valence-corrected chi connectivity index (χ1v) is 7.43. The topological polar surface area (TPSA) is 0 Å². The summed E-state index contributed by atoms with van der Waals surface area (Å²) >= 11 is 5.41. The molecule has 0 N–H and O–H groups in total. The Bertz CT molecular complexity index is 889. The van der Waals surface area contributed by atoms with Crippen LogP contribution in [0.15, 0.2) is 59.1 Å². The SMILES string of the molecule is Brc1ccc2c(c1)sc1ccc3ccccc3c12. The summed E-state index contributed by atoms with van der Waals surface area (Å²) < 4.78 is 3.85. The lowest BCUT2D eigenvalue weighted by atomic mass is 10.0. The van der Waals surface area contributed by atoms with Crippen molar-refractivity contribution in [1.82, 2.24) is 0 Å². The van der Waals surface area contributed by atoms with E-state index in [-0.39, 0.29) is 0 Å². The molecule has 0 saturated heterocycles. The maximum atomic E-state index is 3.55. The Balaban J connectivity index is 2.33. The summed E-state index contributed by atoms with van der Waals surface area (Å²) in [6.45, 7) is 0. The van der Waals surface area contributed by atoms with Crippen LogP contribution >= 0.6 is 27.3 Å². The van der Waals surface area contributed by atoms with Crippen molar-refractivity contribution in [3.8, 4) is 0 Å². The Morgan fingerprint density at radius 1 is 0.778 bits per heavy atom. The predicted molar refractivity (Wildman–Crippen MR) is 84.5 cm³/mol. The van der Waals surface area contributed by atoms with Gasteiger partial charge in [-0.1, -0.05) is 52.3 Å². The van der Waals surface area contributed by atoms with Gasteiger partial charge in [0.1, 0.15) is 0 Å². The third-order valence-electron chi connectivity index (χ3n) is 3.32. The van der Waals surface area contributed by atoms with Crippen molar-refractivity contribution in [1.29, 1.82) is 0 Å². The molecule has 0 unspecified atom stereocenters. The third kappa shape index (κ3) is 1.43. The van der Waals surface area contributed by atoms with Crippen LogP contribution < -0.4 is 0 Å². The summed E-state index contributed by atoms with van der Waals surface area (Å²) in [6, 6.07) is 19.6. The predicted octanol–water partition coefficient (Wildman–Crippen LogP) is 5.97. The van der Waals surface area contributed by atoms with Gasteiger partial charge in [-0.3, -0.25) is 0 Å². The summed E-state index contributed by atoms with van der Waals surface area (Å²) in [4.78, 5) is 0. The number of hydrogen-bond acceptors (Lipinski definition) is 1. The van der Waals surface area contributed by atoms with Crippen LogP contribution in [0, 0.1) is 0 Å². The Labute approximate surface area is 117 Å². The number of thiophene rings is 1. The highest BCUT2D eigenvalue weighted by atomic mass is 79.9. The standard InChI is InChI=1S/C16H9BrS/c17-11-6-7-13-15(9-11)18-14-8-5-10-3-1-2-4-12(10)16(13)14/h1-9H. The second-order valence-electron chi connectivity index (χ2n) is 4.40. The van der Waals surface area contributed by atoms with Gasteiger partial charge in [0.05, 0.1) is 0 Å². The van der Waals surface area contributed by atoms with Gasteiger partial charge < -0.3 is 0 Å². The van der Waals surface area contributed by atoms with Crippen LogP contribution in [0.4, 0.5) is 0 Å². The highest BCUT2D eigenvalue weighted by molar-refractivity contribution is 9.10. The van der Waals surface area contributed by atoms with Crippen LogP contribution in [0.3, 0.4) is 0 Å². The number of benzene rings is 3. The van der Waals surface area contributed by atoms with Crippen LogP contribution in [-0.4, -0.2) is 0 Å². The molecule has 0 aliphatic heterocycles. The largest absolute Gasteiger partial charge is 0.135 e. The molecule has 0 aliphatic rings. The van der Waals surface area contributed by atoms with Crippen LogP contribution in [0.1, 0.15) is 0 Å². The number of hydrogen-bond donors (Lipinski definition) is 0. The minimum absolute atomic E-state index is 1.14. The first-order valence-electron chi connectivity index (χ1n) is 5.82. The molecule has 0 bridgehead atoms. The zero-order valence-corrected chi connectivity index (χ0v) is 11.9. The maximum absolute atomic E-state index is 3.55. The molecule has 1 aromatic heterocycles. The molecule has 0 spiro atoms. The van der Waals surface area contributed by atoms with Crippen molar-refractivity contribution in [3.05, 3.63) is 59.1 Å². The highest BCUT2D eigenvalue weighted by Gasteiger charge is 2.08. The molecule has 0 nitrogen and oxygen atoms in total. The summed E-state index contributed by atoms with van der Waals surface area (Å²) in [5, 5.41) is 5.41. The van der Waals surface area contributed by atoms with Crippen molar-refractivity contribution in [3.63, 3.8) is 0 Å². The molecule has 0 atom stereocenters. The van der Waals surface area contributed by atoms with Gasteiger partial charge in [-0.2, -0.15) is 0 Å². The van der Waals surface area contributed by atoms with E-state index in [1.165, 1.54) is 30.9 Å². The van der Waals surface area contributed by atoms with Gasteiger partial charge in [0.15, 0.2) is 0 Å². The fraction of sp³-hybridized carbons (Fsp3) is 0. The summed E-state index contributed by atoms with van der Waals surface area (Å²) in [5.74, 6) is 0. The summed E-state index contributed by atoms with van der Waals surface area (Å²) in [5.41, 5.74) is 0. The lowest BCUT2D eigenvalue weighted by Gasteiger charge is -1.99. The Hall–Kier alpha value is -1.38. The van der Waals surface area contributed by atoms with Gasteiger partial charge in [0.25, 0.3) is 0 Å². The van der Waals surface area contributed by atoms with Crippen LogP contribution in [0.2, 0.25) is 0 Å². The molecule has 2 heteroatoms. The fourth-order valence-corrected chi connectivity index (χ4v) is 4.19. The minimum Gasteiger partial charge on any atom is -0.135 e. The Kier molecular flexibility index (Phi) is 2.23. The normalized spacial score (nSPS) is 11.6. The van der Waals surface area contributed by atoms with Crippen LogP contribution in [0.25, 0.3) is 30.9 Å². The quantitative estimate of drug-likeness (QED) is 0.375. The second-order valence-corrected chi connectivity index (χ2v) is 6.40. The lowest BCUT2D eigenvalue weighted by Crippen LogP contribution is -1.73. The average Bonchev–Trinajstić information content (AvgIpc) is 2.76. The average molecular weight is 313 g/mol. The molecule has 0 aliphatic carbocycles. The summed E-state index contributed by atoms with van der Waals surface area (Å²) in [6.07, 6.45) is 0. The van der Waals surface area contributed by atoms with Gasteiger partial charge in [-0.15, -0.1) is 11.3 Å². The van der Waals surface area contributed by atoms with E-state index < -0.39 is 0 Å². The molecule has 4 rings (SSSR count). The Morgan fingerprint density at radius 2 is 1.67 bits per heavy atom. The molecule has 18 heavy (non-hydrogen) atoms. The molecule has 0 saturated carbocycles. The van der Waals surface area contributed by atoms with Crippen LogP contribution in [0.5, 0.6) is 0 Å². The van der Waals surface area contributed by atoms with Crippen molar-refractivity contribution in [2.75, 3.05) is 0 Å². The maximum Gasteiger partial charge on any atom is 0.0366 e. The van der Waals surface area contributed by atoms with E-state index in [9.17, 15) is 0 Å². The van der Waals surface area contributed by atoms with E-state index in [0.29, 0.717) is 0 Å². The number of rotatable bonds is 0. The van der Waals surface area contributed by atoms with Crippen molar-refractivity contribution >= 4 is 58.2 Å². The molecule has 0 amide bonds. The van der Waals surface area contributed by atoms with E-state index in [1.54, 1.807) is 0 Å². The zero-order valence-electron chi connectivity index (χ0n) is 9.48. The van der Waals surface area contributed by atoms with Crippen molar-refractivity contribution in [2.45, 2.75) is 0 Å². The van der Waals surface area contributed by atoms with Gasteiger partial charge in [-0.25, -0.2) is 0 Å². The molecule has 4 aromatic rings. The van der Waals surface area contributed by atoms with E-state index in [2.05, 4.69) is 70.5 Å². The van der Waals surface area contributed by atoms with E-state index in [0.717, 1.165) is 4.47 Å². The molecule has 1 heterocycles. The Morgan fingerprint density at radius 3 is 2.61 bits per heavy atom. The second kappa shape index (κ2) is 3.81. The highest BCUT2D eigenvalue weighted by Crippen LogP contribution is 2.39. The van der Waals surface area contributed by atoms with E-state index in [4.69, 9.17) is 0 Å². The van der Waals surface area contributed by atoms with Crippen molar-refractivity contribution < 1.29 is 0 Å². The van der Waals surface area contributed by atoms with E-state index >= 15 is 0 Å². The smallest absolute Gasteiger partial charge is 0.0366 e. The molecule has 0 fully saturated rings. The fourth-order valence-electron chi connectivity index (χ4n) is 2.52. The molecule has 86 valence electrons. The minimum atomic E-state index is 1.14. The van der Waals surface area contributed by atoms with Gasteiger partial charge in [0.2, 0.25) is 0 Å². The first kappa shape index (κ1) is 10.5. The monoisotopic (exact) mass is 312 g/mol. The van der Waals surface area contributed by atoms with Gasteiger partial charge >= 0.3 is 0 Å². The van der Waals surface area contributed by atoms with Crippen molar-refractivity contribution in [2.24, 2.45) is 0 Å². The number of halogens is 1. The first-order chi connectivity index (χ1) is 8.83. The van der Waals surface area contributed by atoms with Crippen LogP contribution in [-0.2, 0) is 0 Å².